The van der Waals surface area contributed by atoms with Gasteiger partial charge in [-0.2, -0.15) is 0 Å². The topological polar surface area (TPSA) is 124 Å². The van der Waals surface area contributed by atoms with Crippen LogP contribution in [0.25, 0.3) is 16.6 Å². The van der Waals surface area contributed by atoms with Crippen molar-refractivity contribution in [2.75, 3.05) is 13.6 Å². The van der Waals surface area contributed by atoms with Gasteiger partial charge < -0.3 is 20.7 Å². The van der Waals surface area contributed by atoms with Gasteiger partial charge in [0.2, 0.25) is 0 Å². The molecule has 0 saturated heterocycles. The molecule has 11 heteroatoms. The zero-order chi connectivity index (χ0) is 30.1. The molecule has 3 N–H and O–H groups in total. The lowest BCUT2D eigenvalue weighted by Crippen LogP contribution is -2.37. The van der Waals surface area contributed by atoms with E-state index in [4.69, 9.17) is 28.6 Å². The van der Waals surface area contributed by atoms with Crippen LogP contribution in [0.1, 0.15) is 56.1 Å². The Balaban J connectivity index is 1.48. The molecule has 1 amide bonds. The van der Waals surface area contributed by atoms with Gasteiger partial charge in [-0.15, -0.1) is 5.10 Å². The number of fused-ring (bicyclic) bond motifs is 2. The molecule has 1 unspecified atom stereocenters. The summed E-state index contributed by atoms with van der Waals surface area (Å²) in [6.07, 6.45) is 3.31. The smallest absolute Gasteiger partial charge is 0.304 e. The monoisotopic (exact) mass is 604 g/mol. The van der Waals surface area contributed by atoms with Gasteiger partial charge in [0.05, 0.1) is 27.5 Å². The number of carbonyl (C=O) groups is 2. The van der Waals surface area contributed by atoms with Gasteiger partial charge >= 0.3 is 5.97 Å². The number of benzene rings is 3. The molecule has 0 fully saturated rings. The van der Waals surface area contributed by atoms with Crippen LogP contribution in [-0.4, -0.2) is 56.7 Å². The molecule has 216 valence electrons. The molecule has 2 heterocycles. The van der Waals surface area contributed by atoms with Gasteiger partial charge in [0.25, 0.3) is 5.91 Å². The number of nitrogens with zero attached hydrogens (tertiary/aromatic N) is 4. The Morgan fingerprint density at radius 1 is 1.17 bits per heavy atom. The first-order valence-electron chi connectivity index (χ1n) is 13.4. The molecular formula is C31H30Cl2N6O3. The third-order valence-electron chi connectivity index (χ3n) is 7.84. The highest BCUT2D eigenvalue weighted by atomic mass is 35.5. The highest BCUT2D eigenvalue weighted by Gasteiger charge is 2.30. The fraction of sp³-hybridized carbons (Fsp3) is 0.258. The number of halogens is 2. The van der Waals surface area contributed by atoms with E-state index in [0.29, 0.717) is 30.6 Å². The van der Waals surface area contributed by atoms with Gasteiger partial charge in [-0.05, 0) is 64.9 Å². The van der Waals surface area contributed by atoms with Gasteiger partial charge in [0.15, 0.2) is 0 Å². The van der Waals surface area contributed by atoms with Crippen molar-refractivity contribution in [2.45, 2.75) is 32.2 Å². The van der Waals surface area contributed by atoms with Crippen molar-refractivity contribution in [2.24, 2.45) is 7.05 Å². The Morgan fingerprint density at radius 2 is 1.90 bits per heavy atom. The standard InChI is InChI=1S/C31H30Cl2N6O3/c1-17-21(7-8-27-30(17)36-37-38(27)3)24(13-28(40)41)23-6-4-5-18-16-39(10-9-22(18)23)31(42)29-25(32)11-19(12-26(29)33)20(14-34)15-35-2/h4-8,11-12,14-15,24,34-35H,9-10,13,16H2,1-3H3,(H,40,41)/b20-15+,34-14?. The number of allylic oxidation sites excluding steroid dienone is 1. The number of hydrogen-bond donors (Lipinski definition) is 3. The molecule has 0 saturated carbocycles. The zero-order valence-corrected chi connectivity index (χ0v) is 24.9. The van der Waals surface area contributed by atoms with Crippen LogP contribution >= 0.6 is 23.2 Å². The van der Waals surface area contributed by atoms with E-state index >= 15 is 0 Å². The van der Waals surface area contributed by atoms with Crippen molar-refractivity contribution >= 4 is 57.9 Å². The van der Waals surface area contributed by atoms with Crippen LogP contribution in [0.5, 0.6) is 0 Å². The maximum absolute atomic E-state index is 13.7. The number of rotatable bonds is 8. The van der Waals surface area contributed by atoms with E-state index in [9.17, 15) is 14.7 Å². The molecule has 5 rings (SSSR count). The lowest BCUT2D eigenvalue weighted by atomic mass is 9.80. The maximum atomic E-state index is 13.7. The Labute approximate surface area is 253 Å². The molecular weight excluding hydrogens is 575 g/mol. The number of aromatic nitrogens is 3. The Hall–Kier alpha value is -4.21. The quantitative estimate of drug-likeness (QED) is 0.225. The highest BCUT2D eigenvalue weighted by molar-refractivity contribution is 6.40. The Kier molecular flexibility index (Phi) is 8.34. The number of carboxylic acids is 1. The number of amides is 1. The zero-order valence-electron chi connectivity index (χ0n) is 23.4. The van der Waals surface area contributed by atoms with Crippen molar-refractivity contribution in [3.8, 4) is 0 Å². The number of carboxylic acid groups (broad SMARTS) is 1. The summed E-state index contributed by atoms with van der Waals surface area (Å²) in [6, 6.07) is 13.0. The molecule has 4 aromatic rings. The predicted molar refractivity (Wildman–Crippen MR) is 165 cm³/mol. The normalized spacial score (nSPS) is 14.0. The molecule has 1 aliphatic heterocycles. The number of carbonyl (C=O) groups excluding carboxylic acids is 1. The minimum Gasteiger partial charge on any atom is -0.481 e. The fourth-order valence-corrected chi connectivity index (χ4v) is 6.44. The van der Waals surface area contributed by atoms with Crippen molar-refractivity contribution in [3.63, 3.8) is 0 Å². The molecule has 1 aliphatic rings. The Morgan fingerprint density at radius 3 is 2.57 bits per heavy atom. The van der Waals surface area contributed by atoms with Gasteiger partial charge in [-0.3, -0.25) is 9.59 Å². The second-order valence-electron chi connectivity index (χ2n) is 10.3. The molecule has 0 radical (unpaired) electrons. The van der Waals surface area contributed by atoms with Crippen LogP contribution in [0.4, 0.5) is 0 Å². The van der Waals surface area contributed by atoms with Gasteiger partial charge in [0, 0.05) is 51.1 Å². The SMILES string of the molecule is CN/C=C(\C=N)c1cc(Cl)c(C(=O)N2CCc3c(cccc3C(CC(=O)O)c3ccc4c(nnn4C)c3C)C2)c(Cl)c1. The minimum absolute atomic E-state index is 0.0804. The molecule has 1 atom stereocenters. The number of aliphatic carboxylic acids is 1. The van der Waals surface area contributed by atoms with Gasteiger partial charge in [0.1, 0.15) is 5.52 Å². The van der Waals surface area contributed by atoms with E-state index < -0.39 is 11.9 Å². The van der Waals surface area contributed by atoms with Crippen LogP contribution in [0.2, 0.25) is 10.0 Å². The van der Waals surface area contributed by atoms with Crippen molar-refractivity contribution in [1.29, 1.82) is 5.41 Å². The molecule has 1 aromatic heterocycles. The summed E-state index contributed by atoms with van der Waals surface area (Å²) in [5, 5.41) is 29.3. The molecule has 0 spiro atoms. The molecule has 9 nitrogen and oxygen atoms in total. The average Bonchev–Trinajstić information content (AvgIpc) is 3.35. The average molecular weight is 606 g/mol. The predicted octanol–water partition coefficient (Wildman–Crippen LogP) is 5.60. The van der Waals surface area contributed by atoms with E-state index in [-0.39, 0.29) is 27.9 Å². The first kappa shape index (κ1) is 29.3. The summed E-state index contributed by atoms with van der Waals surface area (Å²) in [4.78, 5) is 27.4. The third-order valence-corrected chi connectivity index (χ3v) is 8.44. The summed E-state index contributed by atoms with van der Waals surface area (Å²) in [5.74, 6) is -1.57. The van der Waals surface area contributed by atoms with E-state index in [1.807, 2.05) is 44.3 Å². The summed E-state index contributed by atoms with van der Waals surface area (Å²) in [7, 11) is 3.55. The summed E-state index contributed by atoms with van der Waals surface area (Å²) in [6.45, 7) is 2.71. The fourth-order valence-electron chi connectivity index (χ4n) is 5.79. The van der Waals surface area contributed by atoms with Crippen molar-refractivity contribution < 1.29 is 14.7 Å². The van der Waals surface area contributed by atoms with Crippen LogP contribution in [0.15, 0.2) is 48.7 Å². The first-order valence-corrected chi connectivity index (χ1v) is 14.2. The number of nitrogens with one attached hydrogen (secondary N) is 2. The highest BCUT2D eigenvalue weighted by Crippen LogP contribution is 2.38. The van der Waals surface area contributed by atoms with Crippen LogP contribution in [-0.2, 0) is 24.8 Å². The van der Waals surface area contributed by atoms with Crippen molar-refractivity contribution in [3.05, 3.63) is 97.7 Å². The van der Waals surface area contributed by atoms with E-state index in [1.165, 1.54) is 6.21 Å². The lowest BCUT2D eigenvalue weighted by Gasteiger charge is -2.32. The molecule has 0 bridgehead atoms. The van der Waals surface area contributed by atoms with E-state index in [1.54, 1.807) is 35.0 Å². The van der Waals surface area contributed by atoms with Crippen molar-refractivity contribution in [1.82, 2.24) is 25.2 Å². The maximum Gasteiger partial charge on any atom is 0.304 e. The van der Waals surface area contributed by atoms with Gasteiger partial charge in [-0.25, -0.2) is 4.68 Å². The lowest BCUT2D eigenvalue weighted by molar-refractivity contribution is -0.137. The second kappa shape index (κ2) is 12.0. The van der Waals surface area contributed by atoms with E-state index in [2.05, 4.69) is 15.6 Å². The van der Waals surface area contributed by atoms with E-state index in [0.717, 1.165) is 38.9 Å². The van der Waals surface area contributed by atoms with Crippen LogP contribution in [0.3, 0.4) is 0 Å². The minimum atomic E-state index is -0.896. The number of aryl methyl sites for hydroxylation is 2. The summed E-state index contributed by atoms with van der Waals surface area (Å²) >= 11 is 13.1. The second-order valence-corrected chi connectivity index (χ2v) is 11.1. The molecule has 3 aromatic carbocycles. The summed E-state index contributed by atoms with van der Waals surface area (Å²) < 4.78 is 1.70. The molecule has 0 aliphatic carbocycles. The van der Waals surface area contributed by atoms with Crippen LogP contribution < -0.4 is 5.32 Å². The largest absolute Gasteiger partial charge is 0.481 e. The van der Waals surface area contributed by atoms with Gasteiger partial charge in [-0.1, -0.05) is 52.7 Å². The summed E-state index contributed by atoms with van der Waals surface area (Å²) in [5.41, 5.74) is 7.78. The molecule has 42 heavy (non-hydrogen) atoms. The third kappa shape index (κ3) is 5.37. The Bertz CT molecular complexity index is 1740. The van der Waals surface area contributed by atoms with Crippen LogP contribution in [0, 0.1) is 12.3 Å². The number of hydrogen-bond acceptors (Lipinski definition) is 6. The first-order chi connectivity index (χ1) is 20.1.